The number of nitrogens with one attached hydrogen (secondary N) is 1. The van der Waals surface area contributed by atoms with Crippen molar-refractivity contribution in [1.82, 2.24) is 30.2 Å². The van der Waals surface area contributed by atoms with Gasteiger partial charge < -0.3 is 58.2 Å². The molecule has 0 saturated carbocycles. The van der Waals surface area contributed by atoms with Gasteiger partial charge >= 0.3 is 17.9 Å². The average Bonchev–Trinajstić information content (AvgIpc) is 0.852. The van der Waals surface area contributed by atoms with E-state index in [1.165, 1.54) is 64.0 Å². The molecule has 0 saturated heterocycles. The van der Waals surface area contributed by atoms with Gasteiger partial charge in [0.15, 0.2) is 63.2 Å². The average molecular weight is 1660 g/mol. The highest BCUT2D eigenvalue weighted by Crippen LogP contribution is 2.30. The number of terminal acetylenes is 1. The van der Waals surface area contributed by atoms with Crippen molar-refractivity contribution >= 4 is 86.9 Å². The summed E-state index contributed by atoms with van der Waals surface area (Å²) >= 11 is 3.20. The monoisotopic (exact) mass is 1650 g/mol. The van der Waals surface area contributed by atoms with E-state index >= 15 is 0 Å². The third kappa shape index (κ3) is 37.9. The van der Waals surface area contributed by atoms with Crippen LogP contribution in [0.5, 0.6) is 28.7 Å². The summed E-state index contributed by atoms with van der Waals surface area (Å²) in [7, 11) is 14.0. The molecule has 0 fully saturated rings. The second-order valence-corrected chi connectivity index (χ2v) is 25.8. The fourth-order valence-electron chi connectivity index (χ4n) is 9.40. The van der Waals surface area contributed by atoms with Crippen molar-refractivity contribution in [3.05, 3.63) is 150 Å². The molecular formula is C74H109B2BrF2N6O23S2. The van der Waals surface area contributed by atoms with Crippen molar-refractivity contribution in [3.8, 4) is 41.6 Å². The van der Waals surface area contributed by atoms with Crippen LogP contribution in [0.15, 0.2) is 70.8 Å². The number of carbonyl (C=O) groups is 6. The lowest BCUT2D eigenvalue weighted by Gasteiger charge is -2.25. The lowest BCUT2D eigenvalue weighted by atomic mass is 9.81. The number of Topliss-reactive ketones (excluding diaryl/α,β-unsaturated/α-hetero) is 3. The first-order valence-electron chi connectivity index (χ1n) is 33.4. The van der Waals surface area contributed by atoms with E-state index in [2.05, 4.69) is 99.5 Å². The molecule has 612 valence electrons. The lowest BCUT2D eigenvalue weighted by Crippen LogP contribution is -2.29. The predicted molar refractivity (Wildman–Crippen MR) is 423 cm³/mol. The Hall–Kier alpha value is -9.24. The number of halogens is 3. The maximum atomic E-state index is 11.9. The quantitative estimate of drug-likeness (QED) is 0.00585. The number of aromatic nitrogens is 5. The maximum Gasteiger partial charge on any atom is 0.360 e. The van der Waals surface area contributed by atoms with E-state index in [9.17, 15) is 45.6 Å². The van der Waals surface area contributed by atoms with Gasteiger partial charge in [0.25, 0.3) is 20.2 Å². The predicted octanol–water partition coefficient (Wildman–Crippen LogP) is 10.8. The minimum Gasteiger partial charge on any atom is -0.498 e. The largest absolute Gasteiger partial charge is 0.498 e. The van der Waals surface area contributed by atoms with Crippen molar-refractivity contribution in [2.24, 2.45) is 5.92 Å². The summed E-state index contributed by atoms with van der Waals surface area (Å²) in [5.74, 6) is 1.13. The fraction of sp³-hybridized carbons (Fsp3) is 0.473. The number of carbonyl (C=O) groups excluding carboxylic acids is 6. The number of pyridine rings is 5. The molecule has 1 aliphatic rings. The Labute approximate surface area is 661 Å². The van der Waals surface area contributed by atoms with Crippen molar-refractivity contribution in [1.29, 1.82) is 0 Å². The molecule has 1 atom stereocenters. The second-order valence-electron chi connectivity index (χ2n) is 21.7. The fourth-order valence-corrected chi connectivity index (χ4v) is 10.7. The first-order chi connectivity index (χ1) is 52.1. The molecule has 110 heavy (non-hydrogen) atoms. The topological polar surface area (TPSA) is 389 Å². The molecule has 0 aromatic carbocycles. The van der Waals surface area contributed by atoms with Crippen LogP contribution in [0, 0.1) is 53.4 Å². The van der Waals surface area contributed by atoms with Crippen LogP contribution in [0.3, 0.4) is 0 Å². The molecule has 6 rings (SSSR count). The molecule has 5 aromatic rings. The van der Waals surface area contributed by atoms with Crippen LogP contribution >= 0.6 is 15.9 Å². The molecule has 5 aromatic heterocycles. The number of nitrogens with zero attached hydrogens (tertiary/aromatic N) is 5. The number of methoxy groups -OCH3 is 9. The Kier molecular flexibility index (Phi) is 57.1. The molecule has 1 aliphatic heterocycles. The number of hydrogen-bond donors (Lipinski definition) is 3. The molecule has 36 heteroatoms. The summed E-state index contributed by atoms with van der Waals surface area (Å²) in [5, 5.41) is 20.7. The van der Waals surface area contributed by atoms with Gasteiger partial charge in [0, 0.05) is 127 Å². The van der Waals surface area contributed by atoms with Gasteiger partial charge in [0.05, 0.1) is 89.7 Å². The van der Waals surface area contributed by atoms with Gasteiger partial charge in [-0.05, 0) is 109 Å². The number of allylic oxidation sites excluding steroid dienone is 3. The molecule has 0 bridgehead atoms. The van der Waals surface area contributed by atoms with Crippen LogP contribution in [-0.4, -0.2) is 206 Å². The Morgan fingerprint density at radius 2 is 0.836 bits per heavy atom. The zero-order chi connectivity index (χ0) is 85.8. The number of ketones is 3. The van der Waals surface area contributed by atoms with Gasteiger partial charge in [-0.25, -0.2) is 39.3 Å². The van der Waals surface area contributed by atoms with Gasteiger partial charge in [-0.15, -0.1) is 19.4 Å². The maximum absolute atomic E-state index is 11.9. The van der Waals surface area contributed by atoms with E-state index in [-0.39, 0.29) is 87.3 Å². The van der Waals surface area contributed by atoms with E-state index in [0.717, 1.165) is 57.4 Å². The Balaban J connectivity index is -0.000000295. The molecule has 0 aliphatic carbocycles. The van der Waals surface area contributed by atoms with E-state index in [1.54, 1.807) is 45.0 Å². The third-order valence-corrected chi connectivity index (χ3v) is 15.5. The van der Waals surface area contributed by atoms with Crippen LogP contribution in [-0.2, 0) is 78.0 Å². The van der Waals surface area contributed by atoms with Crippen LogP contribution in [0.1, 0.15) is 174 Å². The third-order valence-electron chi connectivity index (χ3n) is 13.9. The number of esters is 3. The summed E-state index contributed by atoms with van der Waals surface area (Å²) in [5.41, 5.74) is 9.27. The number of hydrogen-bond acceptors (Lipinski definition) is 29. The standard InChI is InChI=1S/C13H21NO5S.C13H19NO5S.C12H15NO3.C12H17NO3.C11H15NO4.C9H10BrNO3.C2H2.2CH4.B2.F2.H2/c2*1-5-11(15)12-13(18-3)9(2)8-10(14-12)6-7-19-20(4,16)17;1-5-6-9-7-8(2)11(15-3)10(13-9)12(14)16-4;1-4-10(15)11-12(16-3)8(2)7-9(13-11)5-6-14;1-7-6-8(4-5-13)12-9(10(7)15-2)11(14)16-3;1-5-4-6(10)11-7(8(5)13-2)9(12)14-3;1-2;;;2*1-2;/h8-9,14H,5-7H2,1-4H3;8H,5-7H2,1-4H3;5,7H,1,6H2,2-4H3;7,14H,4-6H2,1-3H3;6,13H,4-5H2,1-3H3;4H,1-3H3;1-2H;2*1H4;;;1H/i;;;;;;;;;;;1+1D. The summed E-state index contributed by atoms with van der Waals surface area (Å²) in [6, 6.07) is 9.01. The first-order valence-corrected chi connectivity index (χ1v) is 36.8. The van der Waals surface area contributed by atoms with E-state index in [0.29, 0.717) is 113 Å². The molecular weight excluding hydrogens is 1540 g/mol. The van der Waals surface area contributed by atoms with Crippen molar-refractivity contribution in [2.75, 3.05) is 103 Å². The van der Waals surface area contributed by atoms with Gasteiger partial charge in [-0.3, -0.25) is 22.7 Å². The number of aliphatic hydroxyl groups excluding tert-OH is 2. The second kappa shape index (κ2) is 58.7. The number of aryl methyl sites for hydroxylation is 5. The molecule has 1 unspecified atom stereocenters. The van der Waals surface area contributed by atoms with Crippen LogP contribution in [0.4, 0.5) is 9.15 Å². The zero-order valence-electron chi connectivity index (χ0n) is 66.8. The van der Waals surface area contributed by atoms with E-state index in [1.807, 2.05) is 59.8 Å². The number of ether oxygens (including phenoxy) is 9. The molecule has 4 radical (unpaired) electrons. The minimum absolute atomic E-state index is 0. The number of dihydropyridines is 1. The highest BCUT2D eigenvalue weighted by Gasteiger charge is 2.26. The smallest absolute Gasteiger partial charge is 0.360 e. The van der Waals surface area contributed by atoms with Crippen LogP contribution < -0.4 is 29.0 Å². The van der Waals surface area contributed by atoms with Gasteiger partial charge in [0.2, 0.25) is 0 Å². The van der Waals surface area contributed by atoms with Gasteiger partial charge in [-0.2, -0.15) is 16.8 Å². The van der Waals surface area contributed by atoms with Crippen LogP contribution in [0.2, 0.25) is 0 Å². The van der Waals surface area contributed by atoms with Crippen molar-refractivity contribution in [2.45, 2.75) is 129 Å². The first kappa shape index (κ1) is 107. The Morgan fingerprint density at radius 1 is 0.536 bits per heavy atom. The number of rotatable bonds is 29. The molecule has 0 spiro atoms. The molecule has 0 amide bonds. The van der Waals surface area contributed by atoms with E-state index in [4.69, 9.17) is 54.9 Å². The highest BCUT2D eigenvalue weighted by atomic mass is 79.9. The minimum atomic E-state index is -3.47. The van der Waals surface area contributed by atoms with Crippen molar-refractivity contribution in [3.63, 3.8) is 0 Å². The Bertz CT molecular complexity index is 4020. The summed E-state index contributed by atoms with van der Waals surface area (Å²) in [6.07, 6.45) is 16.9. The molecule has 29 nitrogen and oxygen atoms in total. The van der Waals surface area contributed by atoms with Gasteiger partial charge in [-0.1, -0.05) is 54.7 Å². The van der Waals surface area contributed by atoms with Gasteiger partial charge in [0.1, 0.15) is 27.4 Å². The summed E-state index contributed by atoms with van der Waals surface area (Å²) in [4.78, 5) is 90.5. The van der Waals surface area contributed by atoms with Crippen molar-refractivity contribution < 1.29 is 119 Å². The van der Waals surface area contributed by atoms with Crippen LogP contribution in [0.25, 0.3) is 0 Å². The lowest BCUT2D eigenvalue weighted by molar-refractivity contribution is -0.116. The summed E-state index contributed by atoms with van der Waals surface area (Å²) < 4.78 is 124. The Morgan fingerprint density at radius 3 is 1.15 bits per heavy atom. The normalized spacial score (nSPS) is 11.4. The zero-order valence-corrected chi connectivity index (χ0v) is 68.0. The highest BCUT2D eigenvalue weighted by molar-refractivity contribution is 9.10. The van der Waals surface area contributed by atoms with E-state index < -0.39 is 38.1 Å². The molecule has 3 N–H and O–H groups in total. The SMILES string of the molecule is C.C.C#C.C=CCc1cc(C)c(OC)c(C(=O)OC)n1.CCC(=O)C1=C(OC)C(C)C=C(CCOS(C)(=O)=O)N1.CCC(=O)c1nc(CCO)cc(C)c1OC.CCC(=O)c1nc(CCOS(C)(=O)=O)cc(C)c1OC.COC(=O)c1nc(Br)cc(C)c1OC.COC(=O)c1nc(CCO)cc(C)c1OC.FF.[2H][2H].[B][B]. The summed E-state index contributed by atoms with van der Waals surface area (Å²) in [6.45, 7) is 20.1. The number of aliphatic hydroxyl groups is 2. The molecule has 6 heterocycles.